The smallest absolute Gasteiger partial charge is 0.333 e. The number of ether oxygens (including phenoxy) is 4. The minimum atomic E-state index is -0.935. The summed E-state index contributed by atoms with van der Waals surface area (Å²) in [6, 6.07) is 9.55. The van der Waals surface area contributed by atoms with Crippen LogP contribution in [0.3, 0.4) is 0 Å². The average Bonchev–Trinajstić information content (AvgIpc) is 2.83. The number of rotatable bonds is 9. The number of carboxylic acid groups (broad SMARTS) is 1. The highest BCUT2D eigenvalue weighted by Crippen LogP contribution is 2.02. The summed E-state index contributed by atoms with van der Waals surface area (Å²) in [6.45, 7) is 20.7. The van der Waals surface area contributed by atoms with Gasteiger partial charge >= 0.3 is 23.9 Å². The average molecular weight is 507 g/mol. The molecule has 0 aliphatic heterocycles. The second kappa shape index (κ2) is 22.8. The fourth-order valence-corrected chi connectivity index (χ4v) is 1.36. The van der Waals surface area contributed by atoms with Crippen molar-refractivity contribution in [1.82, 2.24) is 0 Å². The Morgan fingerprint density at radius 3 is 1.42 bits per heavy atom. The summed E-state index contributed by atoms with van der Waals surface area (Å²) < 4.78 is 18.6. The minimum Gasteiger partial charge on any atom is -0.478 e. The first kappa shape index (κ1) is 36.6. The first-order valence-electron chi connectivity index (χ1n) is 10.5. The molecule has 0 heterocycles. The third-order valence-electron chi connectivity index (χ3n) is 3.33. The van der Waals surface area contributed by atoms with Crippen molar-refractivity contribution in [3.05, 3.63) is 84.5 Å². The fourth-order valence-electron chi connectivity index (χ4n) is 1.36. The number of benzene rings is 1. The molecule has 0 spiro atoms. The number of carboxylic acids is 1. The topological polar surface area (TPSA) is 125 Å². The van der Waals surface area contributed by atoms with Crippen LogP contribution >= 0.6 is 0 Å². The fraction of sp³-hybridized carbons (Fsp3) is 0.333. The summed E-state index contributed by atoms with van der Waals surface area (Å²) >= 11 is 0. The zero-order chi connectivity index (χ0) is 28.7. The maximum Gasteiger partial charge on any atom is 0.333 e. The van der Waals surface area contributed by atoms with Gasteiger partial charge in [-0.15, -0.1) is 0 Å². The third kappa shape index (κ3) is 24.7. The summed E-state index contributed by atoms with van der Waals surface area (Å²) in [5.41, 5.74) is 2.43. The molecular weight excluding hydrogens is 468 g/mol. The molecule has 0 bridgehead atoms. The molecule has 0 aromatic heterocycles. The van der Waals surface area contributed by atoms with Crippen molar-refractivity contribution < 1.29 is 43.2 Å². The van der Waals surface area contributed by atoms with Crippen molar-refractivity contribution >= 4 is 23.9 Å². The molecule has 200 valence electrons. The van der Waals surface area contributed by atoms with E-state index < -0.39 is 5.97 Å². The molecule has 9 heteroatoms. The Kier molecular flexibility index (Phi) is 23.2. The van der Waals surface area contributed by atoms with Gasteiger partial charge in [0.2, 0.25) is 0 Å². The Morgan fingerprint density at radius 1 is 0.694 bits per heavy atom. The predicted molar refractivity (Wildman–Crippen MR) is 138 cm³/mol. The van der Waals surface area contributed by atoms with Gasteiger partial charge < -0.3 is 24.1 Å². The highest BCUT2D eigenvalue weighted by molar-refractivity contribution is 5.87. The van der Waals surface area contributed by atoms with Gasteiger partial charge in [0.1, 0.15) is 13.2 Å². The molecule has 0 aliphatic rings. The summed E-state index contributed by atoms with van der Waals surface area (Å²) in [4.78, 5) is 41.4. The van der Waals surface area contributed by atoms with Crippen molar-refractivity contribution in [3.63, 3.8) is 0 Å². The zero-order valence-electron chi connectivity index (χ0n) is 22.0. The summed E-state index contributed by atoms with van der Waals surface area (Å²) in [6.07, 6.45) is 0. The quantitative estimate of drug-likeness (QED) is 0.224. The molecule has 0 unspecified atom stereocenters. The van der Waals surface area contributed by atoms with E-state index in [4.69, 9.17) is 9.84 Å². The van der Waals surface area contributed by atoms with E-state index in [2.05, 4.69) is 40.5 Å². The molecule has 0 fully saturated rings. The van der Waals surface area contributed by atoms with Gasteiger partial charge in [0.25, 0.3) is 0 Å². The molecule has 1 N–H and O–H groups in total. The number of methoxy groups -OCH3 is 2. The Labute approximate surface area is 213 Å². The van der Waals surface area contributed by atoms with Crippen LogP contribution < -0.4 is 0 Å². The van der Waals surface area contributed by atoms with E-state index in [1.54, 1.807) is 27.9 Å². The van der Waals surface area contributed by atoms with E-state index in [1.165, 1.54) is 14.0 Å². The number of hydrogen-bond acceptors (Lipinski definition) is 8. The number of carbonyl (C=O) groups is 4. The molecule has 0 saturated carbocycles. The lowest BCUT2D eigenvalue weighted by Gasteiger charge is -2.03. The van der Waals surface area contributed by atoms with Crippen LogP contribution in [0, 0.1) is 0 Å². The summed E-state index contributed by atoms with van der Waals surface area (Å²) in [5.74, 6) is -1.99. The normalized spacial score (nSPS) is 8.61. The van der Waals surface area contributed by atoms with Crippen LogP contribution in [0.2, 0.25) is 0 Å². The van der Waals surface area contributed by atoms with Crippen LogP contribution in [-0.2, 0) is 44.7 Å². The van der Waals surface area contributed by atoms with Gasteiger partial charge in [-0.3, -0.25) is 0 Å². The van der Waals surface area contributed by atoms with Gasteiger partial charge in [0, 0.05) is 29.4 Å². The molecule has 1 aromatic rings. The highest BCUT2D eigenvalue weighted by atomic mass is 16.6. The van der Waals surface area contributed by atoms with Crippen molar-refractivity contribution in [3.8, 4) is 0 Å². The van der Waals surface area contributed by atoms with Gasteiger partial charge in [-0.2, -0.15) is 0 Å². The second-order valence-electron chi connectivity index (χ2n) is 7.11. The molecule has 0 amide bonds. The Hall–Kier alpha value is -3.98. The van der Waals surface area contributed by atoms with Crippen LogP contribution in [0.5, 0.6) is 0 Å². The van der Waals surface area contributed by atoms with Crippen LogP contribution in [-0.4, -0.2) is 56.4 Å². The van der Waals surface area contributed by atoms with Crippen molar-refractivity contribution in [2.45, 2.75) is 34.3 Å². The first-order chi connectivity index (χ1) is 16.7. The molecule has 36 heavy (non-hydrogen) atoms. The van der Waals surface area contributed by atoms with E-state index in [-0.39, 0.29) is 23.5 Å². The number of aliphatic carboxylic acids is 1. The predicted octanol–water partition coefficient (Wildman–Crippen LogP) is 4.44. The van der Waals surface area contributed by atoms with E-state index in [9.17, 15) is 19.2 Å². The van der Waals surface area contributed by atoms with E-state index >= 15 is 0 Å². The van der Waals surface area contributed by atoms with Gasteiger partial charge in [-0.25, -0.2) is 19.2 Å². The molecule has 9 nitrogen and oxygen atoms in total. The van der Waals surface area contributed by atoms with E-state index in [1.807, 2.05) is 30.3 Å². The van der Waals surface area contributed by atoms with Crippen LogP contribution in [0.15, 0.2) is 78.9 Å². The maximum atomic E-state index is 11.0. The van der Waals surface area contributed by atoms with Crippen molar-refractivity contribution in [2.75, 3.05) is 27.4 Å². The molecule has 0 saturated heterocycles. The molecule has 1 rings (SSSR count). The monoisotopic (exact) mass is 506 g/mol. The molecule has 0 aliphatic carbocycles. The lowest BCUT2D eigenvalue weighted by molar-refractivity contribution is -0.141. The van der Waals surface area contributed by atoms with Gasteiger partial charge in [0.15, 0.2) is 0 Å². The van der Waals surface area contributed by atoms with Gasteiger partial charge in [-0.1, -0.05) is 56.6 Å². The Balaban J connectivity index is -0.000000424. The summed E-state index contributed by atoms with van der Waals surface area (Å²) in [5, 5.41) is 7.89. The molecule has 0 radical (unpaired) electrons. The first-order valence-corrected chi connectivity index (χ1v) is 10.5. The third-order valence-corrected chi connectivity index (χ3v) is 3.33. The van der Waals surface area contributed by atoms with Gasteiger partial charge in [-0.05, 0) is 33.3 Å². The maximum absolute atomic E-state index is 11.0. The SMILES string of the molecule is C=C(C)C(=O)O.C=C(C)C(=O)OC.C=C(C)C(=O)OCCOC.C=C(C)C(=O)OCc1ccccc1. The number of carbonyl (C=O) groups excluding carboxylic acids is 3. The second-order valence-corrected chi connectivity index (χ2v) is 7.11. The molecular formula is C27H38O9. The number of esters is 3. The van der Waals surface area contributed by atoms with Crippen molar-refractivity contribution in [1.29, 1.82) is 0 Å². The Bertz CT molecular complexity index is 872. The Morgan fingerprint density at radius 2 is 1.11 bits per heavy atom. The lowest BCUT2D eigenvalue weighted by Crippen LogP contribution is -2.09. The van der Waals surface area contributed by atoms with Crippen molar-refractivity contribution in [2.24, 2.45) is 0 Å². The van der Waals surface area contributed by atoms with E-state index in [0.29, 0.717) is 36.5 Å². The minimum absolute atomic E-state index is 0.176. The van der Waals surface area contributed by atoms with Crippen LogP contribution in [0.1, 0.15) is 33.3 Å². The molecule has 1 aromatic carbocycles. The lowest BCUT2D eigenvalue weighted by atomic mass is 10.2. The van der Waals surface area contributed by atoms with Crippen LogP contribution in [0.4, 0.5) is 0 Å². The van der Waals surface area contributed by atoms with Crippen LogP contribution in [0.25, 0.3) is 0 Å². The van der Waals surface area contributed by atoms with E-state index in [0.717, 1.165) is 5.56 Å². The number of hydrogen-bond donors (Lipinski definition) is 1. The van der Waals surface area contributed by atoms with Gasteiger partial charge in [0.05, 0.1) is 13.7 Å². The molecule has 0 atom stereocenters. The standard InChI is InChI=1S/C11H12O2.C7H12O3.C5H8O2.C4H6O2/c1-9(2)11(12)13-8-10-6-4-3-5-7-10;1-6(2)7(8)10-5-4-9-3;1-4(2)5(6)7-3;1-3(2)4(5)6/h3-7H,1,8H2,2H3;1,4-5H2,2-3H3;1H2,2-3H3;1H2,2H3,(H,5,6). The highest BCUT2D eigenvalue weighted by Gasteiger charge is 2.02. The largest absolute Gasteiger partial charge is 0.478 e. The zero-order valence-corrected chi connectivity index (χ0v) is 22.0. The summed E-state index contributed by atoms with van der Waals surface area (Å²) in [7, 11) is 2.88.